The van der Waals surface area contributed by atoms with Gasteiger partial charge in [0.15, 0.2) is 5.42 Å². The third kappa shape index (κ3) is 2.09. The molecule has 0 saturated carbocycles. The van der Waals surface area contributed by atoms with Crippen LogP contribution in [0.25, 0.3) is 22.6 Å². The van der Waals surface area contributed by atoms with Crippen molar-refractivity contribution in [2.75, 3.05) is 4.81 Å². The molecule has 1 aliphatic heterocycles. The SMILES string of the molecule is CB1C=c2c(oc3ccccc23)=C(C)N1c1ccc(C)c[n+]1C. The normalized spacial score (nSPS) is 14.2. The number of benzene rings is 1. The standard InChI is InChI=1S/C19H20BN2O/c1-13-9-10-18(21(4)12-13)22-14(2)19-16(11-20(22)3)15-7-5-6-8-17(15)23-19/h5-12H,1-4H3/q+1. The highest BCUT2D eigenvalue weighted by Gasteiger charge is 2.33. The van der Waals surface area contributed by atoms with Crippen molar-refractivity contribution in [1.82, 2.24) is 0 Å². The summed E-state index contributed by atoms with van der Waals surface area (Å²) >= 11 is 0. The Balaban J connectivity index is 2.01. The first-order chi connectivity index (χ1) is 11.1. The number of nitrogens with zero attached hydrogens (tertiary/aromatic N) is 2. The summed E-state index contributed by atoms with van der Waals surface area (Å²) < 4.78 is 8.32. The second-order valence-corrected chi connectivity index (χ2v) is 6.38. The van der Waals surface area contributed by atoms with Gasteiger partial charge in [0, 0.05) is 16.7 Å². The van der Waals surface area contributed by atoms with Gasteiger partial charge in [-0.05, 0) is 38.4 Å². The molecule has 3 heterocycles. The minimum Gasteiger partial charge on any atom is -0.452 e. The zero-order valence-electron chi connectivity index (χ0n) is 14.0. The predicted octanol–water partition coefficient (Wildman–Crippen LogP) is 2.16. The molecule has 0 aliphatic carbocycles. The van der Waals surface area contributed by atoms with E-state index in [2.05, 4.69) is 73.5 Å². The van der Waals surface area contributed by atoms with Gasteiger partial charge in [0.05, 0.1) is 13.2 Å². The van der Waals surface area contributed by atoms with Crippen molar-refractivity contribution in [1.29, 1.82) is 0 Å². The summed E-state index contributed by atoms with van der Waals surface area (Å²) in [7, 11) is 2.09. The first-order valence-corrected chi connectivity index (χ1v) is 8.02. The largest absolute Gasteiger partial charge is 0.452 e. The Kier molecular flexibility index (Phi) is 3.08. The minimum absolute atomic E-state index is 0.275. The van der Waals surface area contributed by atoms with Crippen molar-refractivity contribution in [3.8, 4) is 0 Å². The Morgan fingerprint density at radius 2 is 1.87 bits per heavy atom. The summed E-state index contributed by atoms with van der Waals surface area (Å²) in [6.07, 6.45) is 2.16. The van der Waals surface area contributed by atoms with Gasteiger partial charge in [0.1, 0.15) is 11.3 Å². The van der Waals surface area contributed by atoms with Gasteiger partial charge >= 0.3 is 6.85 Å². The molecule has 0 unspecified atom stereocenters. The van der Waals surface area contributed by atoms with Crippen LogP contribution in [0.5, 0.6) is 0 Å². The summed E-state index contributed by atoms with van der Waals surface area (Å²) in [5.74, 6) is 3.47. The molecular weight excluding hydrogens is 283 g/mol. The first-order valence-electron chi connectivity index (χ1n) is 8.02. The van der Waals surface area contributed by atoms with Crippen molar-refractivity contribution in [2.24, 2.45) is 7.05 Å². The maximum Gasteiger partial charge on any atom is 0.402 e. The van der Waals surface area contributed by atoms with E-state index in [0.29, 0.717) is 0 Å². The number of pyridine rings is 1. The number of aromatic nitrogens is 1. The van der Waals surface area contributed by atoms with Gasteiger partial charge in [0.2, 0.25) is 0 Å². The van der Waals surface area contributed by atoms with Gasteiger partial charge in [-0.2, -0.15) is 0 Å². The molecule has 3 aromatic rings. The lowest BCUT2D eigenvalue weighted by Crippen LogP contribution is -2.50. The van der Waals surface area contributed by atoms with Gasteiger partial charge in [-0.25, -0.2) is 4.57 Å². The summed E-state index contributed by atoms with van der Waals surface area (Å²) in [5, 5.41) is 2.42. The van der Waals surface area contributed by atoms with Crippen molar-refractivity contribution in [3.05, 3.63) is 58.8 Å². The van der Waals surface area contributed by atoms with E-state index in [1.807, 2.05) is 12.1 Å². The fourth-order valence-corrected chi connectivity index (χ4v) is 3.60. The molecule has 1 aromatic carbocycles. The monoisotopic (exact) mass is 303 g/mol. The average molecular weight is 303 g/mol. The molecule has 23 heavy (non-hydrogen) atoms. The molecular formula is C19H20BN2O+. The molecule has 0 fully saturated rings. The van der Waals surface area contributed by atoms with E-state index in [4.69, 9.17) is 4.42 Å². The van der Waals surface area contributed by atoms with Crippen LogP contribution in [0.3, 0.4) is 0 Å². The first kappa shape index (κ1) is 14.1. The lowest BCUT2D eigenvalue weighted by atomic mass is 9.60. The van der Waals surface area contributed by atoms with E-state index in [1.54, 1.807) is 0 Å². The van der Waals surface area contributed by atoms with E-state index < -0.39 is 0 Å². The molecule has 2 aromatic heterocycles. The summed E-state index contributed by atoms with van der Waals surface area (Å²) in [4.78, 5) is 2.34. The molecule has 0 N–H and O–H groups in total. The predicted molar refractivity (Wildman–Crippen MR) is 95.5 cm³/mol. The molecule has 4 rings (SSSR count). The number of para-hydroxylation sites is 1. The van der Waals surface area contributed by atoms with E-state index in [9.17, 15) is 0 Å². The number of hydrogen-bond donors (Lipinski definition) is 0. The molecule has 0 radical (unpaired) electrons. The third-order valence-electron chi connectivity index (χ3n) is 4.64. The number of anilines is 1. The molecule has 0 spiro atoms. The molecule has 1 aliphatic rings. The Hall–Kier alpha value is -2.49. The highest BCUT2D eigenvalue weighted by atomic mass is 16.3. The summed E-state index contributed by atoms with van der Waals surface area (Å²) in [5.41, 5.74) is 4.35. The van der Waals surface area contributed by atoms with Crippen molar-refractivity contribution < 1.29 is 8.98 Å². The fraction of sp³-hybridized carbons (Fsp3) is 0.211. The van der Waals surface area contributed by atoms with Crippen LogP contribution >= 0.6 is 0 Å². The maximum absolute atomic E-state index is 6.15. The van der Waals surface area contributed by atoms with Gasteiger partial charge < -0.3 is 4.42 Å². The van der Waals surface area contributed by atoms with Crippen LogP contribution in [0.2, 0.25) is 6.82 Å². The van der Waals surface area contributed by atoms with Crippen molar-refractivity contribution in [3.63, 3.8) is 0 Å². The summed E-state index contributed by atoms with van der Waals surface area (Å²) in [6, 6.07) is 12.6. The van der Waals surface area contributed by atoms with Crippen molar-refractivity contribution >= 4 is 35.3 Å². The lowest BCUT2D eigenvalue weighted by molar-refractivity contribution is -0.658. The number of rotatable bonds is 1. The maximum atomic E-state index is 6.15. The highest BCUT2D eigenvalue weighted by Crippen LogP contribution is 2.20. The second kappa shape index (κ2) is 5.02. The zero-order valence-corrected chi connectivity index (χ0v) is 14.0. The topological polar surface area (TPSA) is 20.3 Å². The van der Waals surface area contributed by atoms with E-state index in [1.165, 1.54) is 22.0 Å². The van der Waals surface area contributed by atoms with Crippen LogP contribution in [-0.4, -0.2) is 6.85 Å². The van der Waals surface area contributed by atoms with Crippen LogP contribution in [0, 0.1) is 6.92 Å². The van der Waals surface area contributed by atoms with Crippen LogP contribution in [0.4, 0.5) is 5.82 Å². The third-order valence-corrected chi connectivity index (χ3v) is 4.64. The van der Waals surface area contributed by atoms with Crippen molar-refractivity contribution in [2.45, 2.75) is 20.7 Å². The zero-order chi connectivity index (χ0) is 16.1. The van der Waals surface area contributed by atoms with E-state index >= 15 is 0 Å². The quantitative estimate of drug-likeness (QED) is 0.507. The number of hydrogen-bond acceptors (Lipinski definition) is 2. The smallest absolute Gasteiger partial charge is 0.402 e. The Bertz CT molecular complexity index is 1040. The molecule has 0 saturated heterocycles. The van der Waals surface area contributed by atoms with Crippen LogP contribution in [0.1, 0.15) is 12.5 Å². The molecule has 4 heteroatoms. The number of furan rings is 1. The minimum atomic E-state index is 0.275. The lowest BCUT2D eigenvalue weighted by Gasteiger charge is -2.23. The molecule has 0 amide bonds. The second-order valence-electron chi connectivity index (χ2n) is 6.38. The summed E-state index contributed by atoms with van der Waals surface area (Å²) in [6.45, 7) is 6.76. The van der Waals surface area contributed by atoms with Gasteiger partial charge in [-0.1, -0.05) is 24.2 Å². The molecule has 114 valence electrons. The number of fused-ring (bicyclic) bond motifs is 3. The Labute approximate surface area is 136 Å². The van der Waals surface area contributed by atoms with Crippen LogP contribution < -0.4 is 20.0 Å². The van der Waals surface area contributed by atoms with Gasteiger partial charge in [-0.3, -0.25) is 4.81 Å². The average Bonchev–Trinajstić information content (AvgIpc) is 2.88. The Morgan fingerprint density at radius 1 is 1.09 bits per heavy atom. The molecule has 3 nitrogen and oxygen atoms in total. The van der Waals surface area contributed by atoms with E-state index in [0.717, 1.165) is 16.7 Å². The van der Waals surface area contributed by atoms with E-state index in [-0.39, 0.29) is 6.85 Å². The number of aryl methyl sites for hydroxylation is 2. The van der Waals surface area contributed by atoms with Gasteiger partial charge in [-0.15, -0.1) is 0 Å². The molecule has 0 bridgehead atoms. The van der Waals surface area contributed by atoms with Gasteiger partial charge in [0.25, 0.3) is 5.82 Å². The Morgan fingerprint density at radius 3 is 2.65 bits per heavy atom. The van der Waals surface area contributed by atoms with Crippen LogP contribution in [-0.2, 0) is 7.05 Å². The molecule has 0 atom stereocenters. The highest BCUT2D eigenvalue weighted by molar-refractivity contribution is 6.77. The fourth-order valence-electron chi connectivity index (χ4n) is 3.60. The van der Waals surface area contributed by atoms with Crippen LogP contribution in [0.15, 0.2) is 47.0 Å².